The molecule has 0 bridgehead atoms. The smallest absolute Gasteiger partial charge is 0.276 e. The lowest BCUT2D eigenvalue weighted by molar-refractivity contribution is -0.123. The van der Waals surface area contributed by atoms with E-state index in [0.717, 1.165) is 12.0 Å². The Labute approximate surface area is 163 Å². The van der Waals surface area contributed by atoms with Gasteiger partial charge in [-0.25, -0.2) is 0 Å². The van der Waals surface area contributed by atoms with Crippen molar-refractivity contribution in [2.45, 2.75) is 33.3 Å². The van der Waals surface area contributed by atoms with Gasteiger partial charge in [0.05, 0.1) is 6.10 Å². The number of benzene rings is 2. The number of carbonyl (C=O) groups excluding carboxylic acids is 2. The second kappa shape index (κ2) is 9.83. The van der Waals surface area contributed by atoms with E-state index in [4.69, 9.17) is 21.1 Å². The van der Waals surface area contributed by atoms with Crippen molar-refractivity contribution in [3.05, 3.63) is 58.6 Å². The van der Waals surface area contributed by atoms with Gasteiger partial charge in [0.15, 0.2) is 6.61 Å². The molecule has 0 heterocycles. The molecule has 0 aliphatic heterocycles. The third kappa shape index (κ3) is 6.49. The van der Waals surface area contributed by atoms with Crippen LogP contribution in [0.2, 0.25) is 5.02 Å². The third-order valence-corrected chi connectivity index (χ3v) is 4.27. The zero-order valence-corrected chi connectivity index (χ0v) is 16.3. The van der Waals surface area contributed by atoms with Gasteiger partial charge in [0.1, 0.15) is 11.5 Å². The highest BCUT2D eigenvalue weighted by Gasteiger charge is 2.09. The van der Waals surface area contributed by atoms with Gasteiger partial charge in [-0.15, -0.1) is 0 Å². The van der Waals surface area contributed by atoms with Crippen molar-refractivity contribution < 1.29 is 19.1 Å². The Morgan fingerprint density at radius 1 is 1.07 bits per heavy atom. The molecule has 0 aromatic heterocycles. The van der Waals surface area contributed by atoms with E-state index in [1.54, 1.807) is 42.5 Å². The van der Waals surface area contributed by atoms with Crippen molar-refractivity contribution >= 4 is 23.4 Å². The fourth-order valence-electron chi connectivity index (χ4n) is 2.09. The molecule has 1 unspecified atom stereocenters. The van der Waals surface area contributed by atoms with E-state index in [2.05, 4.69) is 10.9 Å². The summed E-state index contributed by atoms with van der Waals surface area (Å²) in [5, 5.41) is 0.625. The summed E-state index contributed by atoms with van der Waals surface area (Å²) in [6.07, 6.45) is 1.000. The first-order valence-corrected chi connectivity index (χ1v) is 9.01. The van der Waals surface area contributed by atoms with Crippen molar-refractivity contribution in [2.75, 3.05) is 6.61 Å². The molecule has 7 heteroatoms. The number of amides is 2. The number of ether oxygens (including phenoxy) is 2. The molecule has 27 heavy (non-hydrogen) atoms. The van der Waals surface area contributed by atoms with Crippen LogP contribution in [-0.4, -0.2) is 24.5 Å². The molecular weight excluding hydrogens is 368 g/mol. The van der Waals surface area contributed by atoms with E-state index in [-0.39, 0.29) is 12.7 Å². The molecule has 2 N–H and O–H groups in total. The minimum atomic E-state index is -0.479. The van der Waals surface area contributed by atoms with Crippen LogP contribution < -0.4 is 20.3 Å². The number of aryl methyl sites for hydroxylation is 1. The van der Waals surface area contributed by atoms with Gasteiger partial charge >= 0.3 is 0 Å². The van der Waals surface area contributed by atoms with Crippen molar-refractivity contribution in [1.82, 2.24) is 10.9 Å². The van der Waals surface area contributed by atoms with Crippen LogP contribution in [0.4, 0.5) is 0 Å². The minimum absolute atomic E-state index is 0.105. The van der Waals surface area contributed by atoms with Gasteiger partial charge in [0, 0.05) is 10.6 Å². The molecule has 1 atom stereocenters. The van der Waals surface area contributed by atoms with Crippen LogP contribution in [0.5, 0.6) is 11.5 Å². The van der Waals surface area contributed by atoms with E-state index in [0.29, 0.717) is 22.1 Å². The normalized spacial score (nSPS) is 11.4. The number of carbonyl (C=O) groups is 2. The fraction of sp³-hybridized carbons (Fsp3) is 0.300. The molecule has 2 aromatic carbocycles. The van der Waals surface area contributed by atoms with Crippen LogP contribution in [0.1, 0.15) is 36.2 Å². The summed E-state index contributed by atoms with van der Waals surface area (Å²) in [5.41, 5.74) is 5.91. The van der Waals surface area contributed by atoms with E-state index >= 15 is 0 Å². The first-order valence-electron chi connectivity index (χ1n) is 8.64. The number of hydrogen-bond acceptors (Lipinski definition) is 4. The molecule has 0 aliphatic carbocycles. The Balaban J connectivity index is 1.78. The Morgan fingerprint density at radius 3 is 2.37 bits per heavy atom. The standard InChI is InChI=1S/C20H23ClN2O4/c1-4-14(3)27-16-7-5-15(6-8-16)20(25)23-22-19(24)12-26-17-9-10-18(21)13(2)11-17/h5-11,14H,4,12H2,1-3H3,(H,22,24)(H,23,25). The molecule has 0 spiro atoms. The van der Waals surface area contributed by atoms with Crippen LogP contribution in [0, 0.1) is 6.92 Å². The maximum Gasteiger partial charge on any atom is 0.276 e. The van der Waals surface area contributed by atoms with Crippen LogP contribution >= 0.6 is 11.6 Å². The molecule has 2 rings (SSSR count). The lowest BCUT2D eigenvalue weighted by Crippen LogP contribution is -2.43. The summed E-state index contributed by atoms with van der Waals surface area (Å²) in [6, 6.07) is 11.8. The van der Waals surface area contributed by atoms with Gasteiger partial charge in [-0.05, 0) is 68.3 Å². The molecular formula is C20H23ClN2O4. The van der Waals surface area contributed by atoms with Gasteiger partial charge in [0.2, 0.25) is 0 Å². The average molecular weight is 391 g/mol. The molecule has 2 aromatic rings. The molecule has 144 valence electrons. The second-order valence-electron chi connectivity index (χ2n) is 6.06. The van der Waals surface area contributed by atoms with Gasteiger partial charge in [-0.1, -0.05) is 18.5 Å². The van der Waals surface area contributed by atoms with Gasteiger partial charge in [-0.3, -0.25) is 20.4 Å². The van der Waals surface area contributed by atoms with Gasteiger partial charge in [0.25, 0.3) is 11.8 Å². The quantitative estimate of drug-likeness (QED) is 0.707. The van der Waals surface area contributed by atoms with Gasteiger partial charge in [-0.2, -0.15) is 0 Å². The summed E-state index contributed by atoms with van der Waals surface area (Å²) < 4.78 is 11.0. The summed E-state index contributed by atoms with van der Waals surface area (Å²) >= 11 is 5.94. The molecule has 0 aliphatic rings. The summed E-state index contributed by atoms with van der Waals surface area (Å²) in [7, 11) is 0. The van der Waals surface area contributed by atoms with Crippen molar-refractivity contribution in [2.24, 2.45) is 0 Å². The predicted molar refractivity (Wildman–Crippen MR) is 104 cm³/mol. The maximum absolute atomic E-state index is 12.1. The monoisotopic (exact) mass is 390 g/mol. The van der Waals surface area contributed by atoms with Crippen molar-refractivity contribution in [1.29, 1.82) is 0 Å². The topological polar surface area (TPSA) is 76.7 Å². The minimum Gasteiger partial charge on any atom is -0.491 e. The highest BCUT2D eigenvalue weighted by Crippen LogP contribution is 2.20. The maximum atomic E-state index is 12.1. The van der Waals surface area contributed by atoms with Crippen LogP contribution in [-0.2, 0) is 4.79 Å². The molecule has 2 amide bonds. The zero-order chi connectivity index (χ0) is 19.8. The van der Waals surface area contributed by atoms with E-state index in [1.165, 1.54) is 0 Å². The number of rotatable bonds is 7. The van der Waals surface area contributed by atoms with Crippen LogP contribution in [0.3, 0.4) is 0 Å². The summed E-state index contributed by atoms with van der Waals surface area (Å²) in [5.74, 6) is 0.306. The molecule has 0 radical (unpaired) electrons. The Hall–Kier alpha value is -2.73. The van der Waals surface area contributed by atoms with Crippen LogP contribution in [0.25, 0.3) is 0 Å². The second-order valence-corrected chi connectivity index (χ2v) is 6.47. The zero-order valence-electron chi connectivity index (χ0n) is 15.5. The van der Waals surface area contributed by atoms with Gasteiger partial charge < -0.3 is 9.47 Å². The van der Waals surface area contributed by atoms with E-state index in [1.807, 2.05) is 20.8 Å². The number of nitrogens with one attached hydrogen (secondary N) is 2. The Morgan fingerprint density at radius 2 is 1.74 bits per heavy atom. The highest BCUT2D eigenvalue weighted by molar-refractivity contribution is 6.31. The SMILES string of the molecule is CCC(C)Oc1ccc(C(=O)NNC(=O)COc2ccc(Cl)c(C)c2)cc1. The van der Waals surface area contributed by atoms with Crippen molar-refractivity contribution in [3.8, 4) is 11.5 Å². The van der Waals surface area contributed by atoms with Crippen LogP contribution in [0.15, 0.2) is 42.5 Å². The molecule has 0 saturated heterocycles. The summed E-state index contributed by atoms with van der Waals surface area (Å²) in [6.45, 7) is 5.62. The highest BCUT2D eigenvalue weighted by atomic mass is 35.5. The largest absolute Gasteiger partial charge is 0.491 e. The molecule has 0 saturated carbocycles. The first kappa shape index (κ1) is 20.6. The lowest BCUT2D eigenvalue weighted by atomic mass is 10.2. The third-order valence-electron chi connectivity index (χ3n) is 3.84. The lowest BCUT2D eigenvalue weighted by Gasteiger charge is -2.13. The Kier molecular flexibility index (Phi) is 7.49. The van der Waals surface area contributed by atoms with E-state index < -0.39 is 11.8 Å². The number of hydrogen-bond donors (Lipinski definition) is 2. The first-order chi connectivity index (χ1) is 12.9. The predicted octanol–water partition coefficient (Wildman–Crippen LogP) is 3.67. The fourth-order valence-corrected chi connectivity index (χ4v) is 2.21. The summed E-state index contributed by atoms with van der Waals surface area (Å²) in [4.78, 5) is 23.9. The molecule has 6 nitrogen and oxygen atoms in total. The van der Waals surface area contributed by atoms with Crippen molar-refractivity contribution in [3.63, 3.8) is 0 Å². The average Bonchev–Trinajstić information content (AvgIpc) is 2.67. The molecule has 0 fully saturated rings. The number of hydrazine groups is 1. The number of halogens is 1. The Bertz CT molecular complexity index is 793. The van der Waals surface area contributed by atoms with E-state index in [9.17, 15) is 9.59 Å².